The summed E-state index contributed by atoms with van der Waals surface area (Å²) >= 11 is 4.91. The number of aromatic nitrogens is 3. The van der Waals surface area contributed by atoms with E-state index >= 15 is 0 Å². The van der Waals surface area contributed by atoms with E-state index in [1.807, 2.05) is 19.1 Å². The highest BCUT2D eigenvalue weighted by Gasteiger charge is 2.16. The molecule has 6 nitrogen and oxygen atoms in total. The normalized spacial score (nSPS) is 16.4. The number of benzene rings is 1. The SMILES string of the molecule is CCOc1ccc(-c2nc(CSc3nnc(NCC4CCCO4)s3)cs2)cc1. The standard InChI is InChI=1S/C19H22N4O2S3/c1-2-24-15-7-5-13(6-8-15)17-21-14(11-26-17)12-27-19-23-22-18(28-19)20-10-16-4-3-9-25-16/h5-8,11,16H,2-4,9-10,12H2,1H3,(H,20,22). The van der Waals surface area contributed by atoms with Gasteiger partial charge in [-0.25, -0.2) is 4.98 Å². The summed E-state index contributed by atoms with van der Waals surface area (Å²) < 4.78 is 12.1. The lowest BCUT2D eigenvalue weighted by molar-refractivity contribution is 0.120. The van der Waals surface area contributed by atoms with E-state index < -0.39 is 0 Å². The molecule has 1 N–H and O–H groups in total. The molecule has 1 aromatic carbocycles. The first-order valence-corrected chi connectivity index (χ1v) is 12.0. The van der Waals surface area contributed by atoms with E-state index in [9.17, 15) is 0 Å². The summed E-state index contributed by atoms with van der Waals surface area (Å²) in [4.78, 5) is 4.75. The molecule has 1 saturated heterocycles. The van der Waals surface area contributed by atoms with Crippen LogP contribution in [0.3, 0.4) is 0 Å². The number of anilines is 1. The van der Waals surface area contributed by atoms with Crippen molar-refractivity contribution < 1.29 is 9.47 Å². The van der Waals surface area contributed by atoms with Gasteiger partial charge in [-0.3, -0.25) is 0 Å². The van der Waals surface area contributed by atoms with Crippen LogP contribution in [0.25, 0.3) is 10.6 Å². The Morgan fingerprint density at radius 1 is 1.29 bits per heavy atom. The van der Waals surface area contributed by atoms with Gasteiger partial charge < -0.3 is 14.8 Å². The summed E-state index contributed by atoms with van der Waals surface area (Å²) in [7, 11) is 0. The number of ether oxygens (including phenoxy) is 2. The molecule has 1 aliphatic heterocycles. The molecule has 1 fully saturated rings. The first-order valence-electron chi connectivity index (χ1n) is 9.29. The first kappa shape index (κ1) is 19.6. The van der Waals surface area contributed by atoms with Crippen molar-refractivity contribution >= 4 is 39.6 Å². The second-order valence-corrected chi connectivity index (χ2v) is 9.34. The topological polar surface area (TPSA) is 69.2 Å². The smallest absolute Gasteiger partial charge is 0.206 e. The summed E-state index contributed by atoms with van der Waals surface area (Å²) in [6, 6.07) is 8.08. The van der Waals surface area contributed by atoms with Crippen molar-refractivity contribution in [2.45, 2.75) is 36.0 Å². The van der Waals surface area contributed by atoms with Gasteiger partial charge in [-0.05, 0) is 44.0 Å². The van der Waals surface area contributed by atoms with Crippen LogP contribution in [-0.2, 0) is 10.5 Å². The zero-order chi connectivity index (χ0) is 19.2. The molecule has 1 atom stereocenters. The Kier molecular flexibility index (Phi) is 6.79. The van der Waals surface area contributed by atoms with Crippen molar-refractivity contribution in [3.63, 3.8) is 0 Å². The number of rotatable bonds is 9. The highest BCUT2D eigenvalue weighted by Crippen LogP contribution is 2.31. The van der Waals surface area contributed by atoms with E-state index in [0.29, 0.717) is 12.7 Å². The number of hydrogen-bond donors (Lipinski definition) is 1. The van der Waals surface area contributed by atoms with Crippen molar-refractivity contribution in [2.24, 2.45) is 0 Å². The average molecular weight is 435 g/mol. The van der Waals surface area contributed by atoms with Crippen molar-refractivity contribution in [1.82, 2.24) is 15.2 Å². The molecule has 0 amide bonds. The molecule has 0 saturated carbocycles. The summed E-state index contributed by atoms with van der Waals surface area (Å²) in [5, 5.41) is 15.8. The van der Waals surface area contributed by atoms with Crippen LogP contribution in [0, 0.1) is 0 Å². The van der Waals surface area contributed by atoms with Gasteiger partial charge in [0.2, 0.25) is 5.13 Å². The number of hydrogen-bond acceptors (Lipinski definition) is 9. The summed E-state index contributed by atoms with van der Waals surface area (Å²) in [5.41, 5.74) is 2.17. The van der Waals surface area contributed by atoms with Crippen LogP contribution in [0.4, 0.5) is 5.13 Å². The fourth-order valence-electron chi connectivity index (χ4n) is 2.85. The third-order valence-electron chi connectivity index (χ3n) is 4.22. The van der Waals surface area contributed by atoms with Gasteiger partial charge in [0, 0.05) is 29.8 Å². The molecule has 1 unspecified atom stereocenters. The van der Waals surface area contributed by atoms with Gasteiger partial charge >= 0.3 is 0 Å². The van der Waals surface area contributed by atoms with Crippen LogP contribution in [0.2, 0.25) is 0 Å². The average Bonchev–Trinajstić information content (AvgIpc) is 3.47. The largest absolute Gasteiger partial charge is 0.494 e. The van der Waals surface area contributed by atoms with Crippen molar-refractivity contribution in [3.8, 4) is 16.3 Å². The number of nitrogens with zero attached hydrogens (tertiary/aromatic N) is 3. The Bertz CT molecular complexity index is 875. The van der Waals surface area contributed by atoms with Crippen molar-refractivity contribution in [2.75, 3.05) is 25.1 Å². The maximum atomic E-state index is 5.62. The minimum absolute atomic E-state index is 0.302. The predicted octanol–water partition coefficient (Wildman–Crippen LogP) is 4.94. The van der Waals surface area contributed by atoms with E-state index in [1.54, 1.807) is 34.4 Å². The Hall–Kier alpha value is -1.68. The molecule has 28 heavy (non-hydrogen) atoms. The third kappa shape index (κ3) is 5.22. The van der Waals surface area contributed by atoms with Crippen LogP contribution >= 0.6 is 34.4 Å². The fraction of sp³-hybridized carbons (Fsp3) is 0.421. The molecule has 9 heteroatoms. The maximum absolute atomic E-state index is 5.62. The summed E-state index contributed by atoms with van der Waals surface area (Å²) in [6.07, 6.45) is 2.57. The molecule has 0 spiro atoms. The first-order chi connectivity index (χ1) is 13.8. The number of nitrogens with one attached hydrogen (secondary N) is 1. The van der Waals surface area contributed by atoms with Crippen LogP contribution < -0.4 is 10.1 Å². The molecule has 3 heterocycles. The van der Waals surface area contributed by atoms with E-state index in [1.165, 1.54) is 0 Å². The highest BCUT2D eigenvalue weighted by atomic mass is 32.2. The van der Waals surface area contributed by atoms with E-state index in [4.69, 9.17) is 14.5 Å². The lowest BCUT2D eigenvalue weighted by atomic mass is 10.2. The van der Waals surface area contributed by atoms with Gasteiger partial charge in [0.15, 0.2) is 4.34 Å². The molecule has 0 bridgehead atoms. The van der Waals surface area contributed by atoms with Crippen LogP contribution in [0.1, 0.15) is 25.5 Å². The minimum atomic E-state index is 0.302. The Morgan fingerprint density at radius 2 is 2.18 bits per heavy atom. The van der Waals surface area contributed by atoms with Gasteiger partial charge in [-0.2, -0.15) is 0 Å². The van der Waals surface area contributed by atoms with Gasteiger partial charge in [-0.15, -0.1) is 21.5 Å². The second kappa shape index (κ2) is 9.69. The molecule has 0 radical (unpaired) electrons. The van der Waals surface area contributed by atoms with Gasteiger partial charge in [0.1, 0.15) is 10.8 Å². The van der Waals surface area contributed by atoms with Crippen LogP contribution in [0.15, 0.2) is 34.0 Å². The van der Waals surface area contributed by atoms with Gasteiger partial charge in [0.25, 0.3) is 0 Å². The Labute approximate surface area is 176 Å². The second-order valence-electron chi connectivity index (χ2n) is 6.28. The molecule has 2 aromatic heterocycles. The van der Waals surface area contributed by atoms with E-state index in [0.717, 1.165) is 63.2 Å². The zero-order valence-electron chi connectivity index (χ0n) is 15.6. The third-order valence-corrected chi connectivity index (χ3v) is 7.21. The highest BCUT2D eigenvalue weighted by molar-refractivity contribution is 8.00. The monoisotopic (exact) mass is 434 g/mol. The Balaban J connectivity index is 1.28. The molecule has 3 aromatic rings. The lowest BCUT2D eigenvalue weighted by Crippen LogP contribution is -2.18. The molecule has 0 aliphatic carbocycles. The van der Waals surface area contributed by atoms with Crippen LogP contribution in [0.5, 0.6) is 5.75 Å². The summed E-state index contributed by atoms with van der Waals surface area (Å²) in [6.45, 7) is 4.33. The lowest BCUT2D eigenvalue weighted by Gasteiger charge is -2.08. The molecule has 148 valence electrons. The predicted molar refractivity (Wildman–Crippen MR) is 116 cm³/mol. The number of thiazole rings is 1. The zero-order valence-corrected chi connectivity index (χ0v) is 18.0. The fourth-order valence-corrected chi connectivity index (χ4v) is 5.43. The number of thioether (sulfide) groups is 1. The minimum Gasteiger partial charge on any atom is -0.494 e. The quantitative estimate of drug-likeness (QED) is 0.478. The van der Waals surface area contributed by atoms with Gasteiger partial charge in [-0.1, -0.05) is 23.1 Å². The molecule has 1 aliphatic rings. The maximum Gasteiger partial charge on any atom is 0.206 e. The molecular weight excluding hydrogens is 412 g/mol. The summed E-state index contributed by atoms with van der Waals surface area (Å²) in [5.74, 6) is 1.67. The van der Waals surface area contributed by atoms with E-state index in [-0.39, 0.29) is 0 Å². The van der Waals surface area contributed by atoms with Crippen molar-refractivity contribution in [3.05, 3.63) is 35.3 Å². The molecule has 4 rings (SSSR count). The van der Waals surface area contributed by atoms with Gasteiger partial charge in [0.05, 0.1) is 18.4 Å². The van der Waals surface area contributed by atoms with Crippen LogP contribution in [-0.4, -0.2) is 41.0 Å². The van der Waals surface area contributed by atoms with Crippen molar-refractivity contribution in [1.29, 1.82) is 0 Å². The molecular formula is C19H22N4O2S3. The Morgan fingerprint density at radius 3 is 2.96 bits per heavy atom. The van der Waals surface area contributed by atoms with E-state index in [2.05, 4.69) is 33.0 Å².